The van der Waals surface area contributed by atoms with Crippen LogP contribution in [0.5, 0.6) is 0 Å². The molecule has 94 valence electrons. The number of nitrogens with one attached hydrogen (secondary N) is 2. The van der Waals surface area contributed by atoms with E-state index in [1.165, 1.54) is 12.1 Å². The summed E-state index contributed by atoms with van der Waals surface area (Å²) in [4.78, 5) is 10.1. The Balaban J connectivity index is 2.46. The van der Waals surface area contributed by atoms with Crippen LogP contribution in [0.2, 0.25) is 0 Å². The zero-order chi connectivity index (χ0) is 12.7. The maximum absolute atomic E-state index is 10.6. The Hall–Kier alpha value is -1.14. The number of anilines is 1. The Bertz CT molecular complexity index is 385. The molecule has 1 aromatic rings. The molecule has 0 spiro atoms. The summed E-state index contributed by atoms with van der Waals surface area (Å²) in [5, 5.41) is 17.0. The summed E-state index contributed by atoms with van der Waals surface area (Å²) in [6.45, 7) is 4.78. The molecule has 2 N–H and O–H groups in total. The van der Waals surface area contributed by atoms with Crippen LogP contribution in [-0.2, 0) is 0 Å². The molecule has 0 aliphatic rings. The van der Waals surface area contributed by atoms with Gasteiger partial charge in [0, 0.05) is 35.4 Å². The second-order valence-electron chi connectivity index (χ2n) is 3.60. The van der Waals surface area contributed by atoms with Gasteiger partial charge in [0.05, 0.1) is 4.92 Å². The van der Waals surface area contributed by atoms with Crippen LogP contribution in [0.15, 0.2) is 22.7 Å². The molecule has 0 unspecified atom stereocenters. The van der Waals surface area contributed by atoms with E-state index >= 15 is 0 Å². The van der Waals surface area contributed by atoms with Crippen LogP contribution in [0.1, 0.15) is 13.3 Å². The van der Waals surface area contributed by atoms with Crippen LogP contribution in [-0.4, -0.2) is 24.6 Å². The van der Waals surface area contributed by atoms with Crippen LogP contribution in [0, 0.1) is 10.1 Å². The van der Waals surface area contributed by atoms with Crippen molar-refractivity contribution in [2.45, 2.75) is 13.3 Å². The molecule has 0 heterocycles. The fraction of sp³-hybridized carbons (Fsp3) is 0.455. The molecule has 0 bridgehead atoms. The normalized spacial score (nSPS) is 10.2. The minimum Gasteiger partial charge on any atom is -0.383 e. The SMILES string of the molecule is CCCNCCNc1ccc([N+](=O)[O-])cc1Br. The molecule has 5 nitrogen and oxygen atoms in total. The minimum absolute atomic E-state index is 0.0894. The Morgan fingerprint density at radius 3 is 2.71 bits per heavy atom. The first-order valence-electron chi connectivity index (χ1n) is 5.53. The van der Waals surface area contributed by atoms with E-state index in [1.807, 2.05) is 0 Å². The number of non-ortho nitro benzene ring substituents is 1. The zero-order valence-electron chi connectivity index (χ0n) is 9.70. The van der Waals surface area contributed by atoms with Gasteiger partial charge in [-0.3, -0.25) is 10.1 Å². The fourth-order valence-electron chi connectivity index (χ4n) is 1.35. The number of rotatable bonds is 7. The Morgan fingerprint density at radius 1 is 1.35 bits per heavy atom. The van der Waals surface area contributed by atoms with Gasteiger partial charge >= 0.3 is 0 Å². The van der Waals surface area contributed by atoms with Crippen molar-refractivity contribution in [3.8, 4) is 0 Å². The maximum atomic E-state index is 10.6. The molecule has 0 atom stereocenters. The molecule has 1 rings (SSSR count). The zero-order valence-corrected chi connectivity index (χ0v) is 11.3. The van der Waals surface area contributed by atoms with Crippen molar-refractivity contribution in [2.75, 3.05) is 25.0 Å². The molecule has 0 aliphatic carbocycles. The van der Waals surface area contributed by atoms with E-state index in [2.05, 4.69) is 33.5 Å². The number of nitrogens with zero attached hydrogens (tertiary/aromatic N) is 1. The molecule has 0 fully saturated rings. The van der Waals surface area contributed by atoms with Crippen molar-refractivity contribution < 1.29 is 4.92 Å². The second kappa shape index (κ2) is 7.24. The Kier molecular flexibility index (Phi) is 5.93. The van der Waals surface area contributed by atoms with Crippen molar-refractivity contribution in [3.63, 3.8) is 0 Å². The summed E-state index contributed by atoms with van der Waals surface area (Å²) in [6.07, 6.45) is 1.11. The van der Waals surface area contributed by atoms with E-state index in [1.54, 1.807) is 6.07 Å². The first kappa shape index (κ1) is 13.9. The van der Waals surface area contributed by atoms with Gasteiger partial charge in [0.2, 0.25) is 0 Å². The number of halogens is 1. The molecule has 0 aromatic heterocycles. The summed E-state index contributed by atoms with van der Waals surface area (Å²) < 4.78 is 0.710. The van der Waals surface area contributed by atoms with Gasteiger partial charge in [-0.25, -0.2) is 0 Å². The molecule has 0 saturated carbocycles. The van der Waals surface area contributed by atoms with Crippen LogP contribution in [0.4, 0.5) is 11.4 Å². The van der Waals surface area contributed by atoms with Crippen LogP contribution in [0.25, 0.3) is 0 Å². The Labute approximate surface area is 109 Å². The molecular formula is C11H16BrN3O2. The van der Waals surface area contributed by atoms with Crippen molar-refractivity contribution in [1.82, 2.24) is 5.32 Å². The number of benzene rings is 1. The summed E-state index contributed by atoms with van der Waals surface area (Å²) in [5.41, 5.74) is 0.959. The molecule has 0 amide bonds. The van der Waals surface area contributed by atoms with Crippen LogP contribution < -0.4 is 10.6 Å². The monoisotopic (exact) mass is 301 g/mol. The van der Waals surface area contributed by atoms with Crippen molar-refractivity contribution >= 4 is 27.3 Å². The lowest BCUT2D eigenvalue weighted by Crippen LogP contribution is -2.22. The molecular weight excluding hydrogens is 286 g/mol. The quantitative estimate of drug-likeness (QED) is 0.462. The third-order valence-electron chi connectivity index (χ3n) is 2.21. The predicted molar refractivity (Wildman–Crippen MR) is 72.4 cm³/mol. The molecule has 0 radical (unpaired) electrons. The minimum atomic E-state index is -0.405. The van der Waals surface area contributed by atoms with Crippen LogP contribution in [0.3, 0.4) is 0 Å². The van der Waals surface area contributed by atoms with E-state index in [0.717, 1.165) is 31.7 Å². The van der Waals surface area contributed by atoms with E-state index in [4.69, 9.17) is 0 Å². The first-order valence-corrected chi connectivity index (χ1v) is 6.33. The molecule has 6 heteroatoms. The smallest absolute Gasteiger partial charge is 0.270 e. The van der Waals surface area contributed by atoms with Crippen molar-refractivity contribution in [1.29, 1.82) is 0 Å². The standard InChI is InChI=1S/C11H16BrN3O2/c1-2-5-13-6-7-14-11-4-3-9(15(16)17)8-10(11)12/h3-4,8,13-14H,2,5-7H2,1H3. The lowest BCUT2D eigenvalue weighted by atomic mass is 10.3. The highest BCUT2D eigenvalue weighted by molar-refractivity contribution is 9.10. The maximum Gasteiger partial charge on any atom is 0.270 e. The van der Waals surface area contributed by atoms with Crippen molar-refractivity contribution in [3.05, 3.63) is 32.8 Å². The summed E-state index contributed by atoms with van der Waals surface area (Å²) in [7, 11) is 0. The number of hydrogen-bond acceptors (Lipinski definition) is 4. The van der Waals surface area contributed by atoms with Gasteiger partial charge in [-0.1, -0.05) is 6.92 Å². The topological polar surface area (TPSA) is 67.2 Å². The molecule has 0 saturated heterocycles. The van der Waals surface area contributed by atoms with E-state index in [-0.39, 0.29) is 5.69 Å². The second-order valence-corrected chi connectivity index (χ2v) is 4.45. The third kappa shape index (κ3) is 4.70. The molecule has 1 aromatic carbocycles. The average molecular weight is 302 g/mol. The van der Waals surface area contributed by atoms with E-state index in [0.29, 0.717) is 4.47 Å². The fourth-order valence-corrected chi connectivity index (χ4v) is 1.86. The van der Waals surface area contributed by atoms with E-state index < -0.39 is 4.92 Å². The van der Waals surface area contributed by atoms with Gasteiger partial charge < -0.3 is 10.6 Å². The highest BCUT2D eigenvalue weighted by Gasteiger charge is 2.08. The van der Waals surface area contributed by atoms with Crippen molar-refractivity contribution in [2.24, 2.45) is 0 Å². The number of nitro benzene ring substituents is 1. The summed E-state index contributed by atoms with van der Waals surface area (Å²) in [5.74, 6) is 0. The van der Waals surface area contributed by atoms with Gasteiger partial charge in [-0.2, -0.15) is 0 Å². The van der Waals surface area contributed by atoms with Gasteiger partial charge in [0.1, 0.15) is 0 Å². The molecule has 0 aliphatic heterocycles. The van der Waals surface area contributed by atoms with E-state index in [9.17, 15) is 10.1 Å². The lowest BCUT2D eigenvalue weighted by Gasteiger charge is -2.08. The highest BCUT2D eigenvalue weighted by Crippen LogP contribution is 2.26. The number of hydrogen-bond donors (Lipinski definition) is 2. The van der Waals surface area contributed by atoms with Gasteiger partial charge in [-0.15, -0.1) is 0 Å². The summed E-state index contributed by atoms with van der Waals surface area (Å²) in [6, 6.07) is 4.70. The average Bonchev–Trinajstić information content (AvgIpc) is 2.30. The highest BCUT2D eigenvalue weighted by atomic mass is 79.9. The molecule has 17 heavy (non-hydrogen) atoms. The largest absolute Gasteiger partial charge is 0.383 e. The van der Waals surface area contributed by atoms with Gasteiger partial charge in [0.15, 0.2) is 0 Å². The van der Waals surface area contributed by atoms with Gasteiger partial charge in [-0.05, 0) is 35.0 Å². The first-order chi connectivity index (χ1) is 8.15. The van der Waals surface area contributed by atoms with Gasteiger partial charge in [0.25, 0.3) is 5.69 Å². The number of nitro groups is 1. The Morgan fingerprint density at radius 2 is 2.12 bits per heavy atom. The van der Waals surface area contributed by atoms with Crippen LogP contribution >= 0.6 is 15.9 Å². The third-order valence-corrected chi connectivity index (χ3v) is 2.86. The predicted octanol–water partition coefficient (Wildman–Crippen LogP) is 2.77. The summed E-state index contributed by atoms with van der Waals surface area (Å²) >= 11 is 3.31. The lowest BCUT2D eigenvalue weighted by molar-refractivity contribution is -0.384.